The molecule has 0 spiro atoms. The molecule has 0 aromatic heterocycles. The summed E-state index contributed by atoms with van der Waals surface area (Å²) < 4.78 is 21.7. The molecule has 0 aromatic carbocycles. The maximum absolute atomic E-state index is 11.8. The summed E-state index contributed by atoms with van der Waals surface area (Å²) in [6, 6.07) is 0. The quantitative estimate of drug-likeness (QED) is 0.155. The highest BCUT2D eigenvalue weighted by atomic mass is 16.8. The minimum Gasteiger partial charge on any atom is -0.469 e. The first-order valence-electron chi connectivity index (χ1n) is 14.0. The number of aliphatic hydroxyl groups excluding tert-OH is 5. The Morgan fingerprint density at radius 1 is 0.800 bits per heavy atom. The molecule has 0 unspecified atom stereocenters. The summed E-state index contributed by atoms with van der Waals surface area (Å²) in [5.41, 5.74) is 2.10. The standard InChI is InChI=1S/C30H52O10/c1-11-15(2)12-19(6)27(39-30-26(35)24(33)25(34)29(38-10)40-30)20(7)14-17(4)22(31)16(3)13-18(5)23(32)21(8)28(36)37-9/h12-16,20-27,29-35H,11H2,1-10H3/b17-14+,18-13+,19-12+/t15-,16+,20+,21-,22-,23+,24+,25+,26+,27+,29+,30-/m1/s1. The van der Waals surface area contributed by atoms with Gasteiger partial charge in [-0.1, -0.05) is 52.3 Å². The normalized spacial score (nSPS) is 30.2. The lowest BCUT2D eigenvalue weighted by molar-refractivity contribution is -0.352. The lowest BCUT2D eigenvalue weighted by Gasteiger charge is -2.41. The van der Waals surface area contributed by atoms with Crippen molar-refractivity contribution in [2.75, 3.05) is 14.2 Å². The predicted octanol–water partition coefficient (Wildman–Crippen LogP) is 2.47. The lowest BCUT2D eigenvalue weighted by Crippen LogP contribution is -2.59. The van der Waals surface area contributed by atoms with Crippen LogP contribution in [0.2, 0.25) is 0 Å². The fourth-order valence-electron chi connectivity index (χ4n) is 4.91. The van der Waals surface area contributed by atoms with Crippen molar-refractivity contribution in [2.24, 2.45) is 23.7 Å². The van der Waals surface area contributed by atoms with Crippen LogP contribution < -0.4 is 0 Å². The first-order valence-corrected chi connectivity index (χ1v) is 14.0. The van der Waals surface area contributed by atoms with Crippen molar-refractivity contribution < 1.29 is 49.3 Å². The Kier molecular flexibility index (Phi) is 15.2. The van der Waals surface area contributed by atoms with Crippen LogP contribution in [-0.4, -0.2) is 94.9 Å². The van der Waals surface area contributed by atoms with Gasteiger partial charge in [-0.3, -0.25) is 4.79 Å². The third-order valence-electron chi connectivity index (χ3n) is 7.69. The van der Waals surface area contributed by atoms with Gasteiger partial charge in [0, 0.05) is 18.9 Å². The zero-order chi connectivity index (χ0) is 30.9. The fraction of sp³-hybridized carbons (Fsp3) is 0.767. The summed E-state index contributed by atoms with van der Waals surface area (Å²) in [5, 5.41) is 52.6. The number of carbonyl (C=O) groups excluding carboxylic acids is 1. The van der Waals surface area contributed by atoms with Crippen molar-refractivity contribution >= 4 is 5.97 Å². The summed E-state index contributed by atoms with van der Waals surface area (Å²) in [6.45, 7) is 14.9. The van der Waals surface area contributed by atoms with E-state index >= 15 is 0 Å². The van der Waals surface area contributed by atoms with Gasteiger partial charge in [-0.05, 0) is 50.3 Å². The van der Waals surface area contributed by atoms with Crippen LogP contribution >= 0.6 is 0 Å². The average molecular weight is 573 g/mol. The zero-order valence-electron chi connectivity index (χ0n) is 25.6. The highest BCUT2D eigenvalue weighted by Gasteiger charge is 2.46. The Morgan fingerprint density at radius 2 is 1.32 bits per heavy atom. The van der Waals surface area contributed by atoms with E-state index in [1.165, 1.54) is 14.2 Å². The van der Waals surface area contributed by atoms with Gasteiger partial charge in [0.05, 0.1) is 31.3 Å². The van der Waals surface area contributed by atoms with Crippen LogP contribution in [0.1, 0.15) is 61.8 Å². The topological polar surface area (TPSA) is 155 Å². The number of carbonyl (C=O) groups is 1. The molecule has 40 heavy (non-hydrogen) atoms. The van der Waals surface area contributed by atoms with E-state index in [2.05, 4.69) is 19.9 Å². The van der Waals surface area contributed by atoms with E-state index in [-0.39, 0.29) is 17.8 Å². The van der Waals surface area contributed by atoms with Crippen LogP contribution in [0.25, 0.3) is 0 Å². The molecule has 0 amide bonds. The molecule has 10 heteroatoms. The molecule has 1 rings (SSSR count). The Labute approximate surface area is 239 Å². The number of hydrogen-bond donors (Lipinski definition) is 5. The van der Waals surface area contributed by atoms with E-state index < -0.39 is 61.1 Å². The third kappa shape index (κ3) is 9.73. The van der Waals surface area contributed by atoms with Gasteiger partial charge >= 0.3 is 5.97 Å². The van der Waals surface area contributed by atoms with Crippen LogP contribution in [0.3, 0.4) is 0 Å². The molecule has 10 nitrogen and oxygen atoms in total. The number of methoxy groups -OCH3 is 2. The van der Waals surface area contributed by atoms with Crippen molar-refractivity contribution in [2.45, 2.75) is 111 Å². The maximum Gasteiger partial charge on any atom is 0.311 e. The molecule has 0 aliphatic carbocycles. The maximum atomic E-state index is 11.8. The average Bonchev–Trinajstić information content (AvgIpc) is 2.93. The highest BCUT2D eigenvalue weighted by Crippen LogP contribution is 2.30. The molecule has 12 atom stereocenters. The third-order valence-corrected chi connectivity index (χ3v) is 7.69. The first-order chi connectivity index (χ1) is 18.6. The Bertz CT molecular complexity index is 882. The van der Waals surface area contributed by atoms with Gasteiger partial charge in [0.15, 0.2) is 12.6 Å². The van der Waals surface area contributed by atoms with Crippen LogP contribution in [-0.2, 0) is 23.7 Å². The largest absolute Gasteiger partial charge is 0.469 e. The first kappa shape index (κ1) is 36.4. The second-order valence-electron chi connectivity index (χ2n) is 11.2. The smallest absolute Gasteiger partial charge is 0.311 e. The van der Waals surface area contributed by atoms with E-state index in [9.17, 15) is 30.3 Å². The van der Waals surface area contributed by atoms with Crippen molar-refractivity contribution in [3.05, 3.63) is 34.9 Å². The number of hydrogen-bond acceptors (Lipinski definition) is 10. The summed E-state index contributed by atoms with van der Waals surface area (Å²) in [5.74, 6) is -1.66. The van der Waals surface area contributed by atoms with Crippen LogP contribution in [0.5, 0.6) is 0 Å². The second kappa shape index (κ2) is 16.7. The second-order valence-corrected chi connectivity index (χ2v) is 11.2. The van der Waals surface area contributed by atoms with Crippen molar-refractivity contribution in [3.63, 3.8) is 0 Å². The zero-order valence-corrected chi connectivity index (χ0v) is 25.6. The fourth-order valence-corrected chi connectivity index (χ4v) is 4.91. The van der Waals surface area contributed by atoms with Crippen LogP contribution in [0.15, 0.2) is 34.9 Å². The van der Waals surface area contributed by atoms with Crippen molar-refractivity contribution in [1.82, 2.24) is 0 Å². The summed E-state index contributed by atoms with van der Waals surface area (Å²) >= 11 is 0. The van der Waals surface area contributed by atoms with Crippen LogP contribution in [0, 0.1) is 23.7 Å². The molecular weight excluding hydrogens is 520 g/mol. The summed E-state index contributed by atoms with van der Waals surface area (Å²) in [7, 11) is 2.59. The SMILES string of the molecule is CC[C@@H](C)/C=C(\C)[C@H](O[C@@H]1O[C@H](OC)[C@@H](O)[C@H](O)[C@@H]1O)[C@@H](C)/C=C(\C)[C@H](O)[C@@H](C)/C=C(\C)[C@H](O)[C@@H](C)C(=O)OC. The highest BCUT2D eigenvalue weighted by molar-refractivity contribution is 5.73. The number of rotatable bonds is 14. The van der Waals surface area contributed by atoms with Crippen molar-refractivity contribution in [1.29, 1.82) is 0 Å². The summed E-state index contributed by atoms with van der Waals surface area (Å²) in [4.78, 5) is 11.8. The molecule has 5 N–H and O–H groups in total. The van der Waals surface area contributed by atoms with E-state index in [0.717, 1.165) is 12.0 Å². The van der Waals surface area contributed by atoms with Crippen LogP contribution in [0.4, 0.5) is 0 Å². The summed E-state index contributed by atoms with van der Waals surface area (Å²) in [6.07, 6.45) is -2.81. The molecular formula is C30H52O10. The van der Waals surface area contributed by atoms with E-state index in [1.807, 2.05) is 26.8 Å². The van der Waals surface area contributed by atoms with Gasteiger partial charge in [-0.2, -0.15) is 0 Å². The molecule has 0 saturated carbocycles. The van der Waals surface area contributed by atoms with E-state index in [1.54, 1.807) is 26.8 Å². The molecule has 1 fully saturated rings. The molecule has 1 heterocycles. The minimum atomic E-state index is -1.52. The Morgan fingerprint density at radius 3 is 1.85 bits per heavy atom. The lowest BCUT2D eigenvalue weighted by atomic mass is 9.88. The Hall–Kier alpha value is -1.63. The number of esters is 1. The van der Waals surface area contributed by atoms with Gasteiger partial charge in [-0.15, -0.1) is 0 Å². The molecule has 0 radical (unpaired) electrons. The molecule has 1 aliphatic heterocycles. The van der Waals surface area contributed by atoms with E-state index in [4.69, 9.17) is 18.9 Å². The molecule has 0 aromatic rings. The number of allylic oxidation sites excluding steroid dienone is 1. The monoisotopic (exact) mass is 572 g/mol. The van der Waals surface area contributed by atoms with Crippen molar-refractivity contribution in [3.8, 4) is 0 Å². The van der Waals surface area contributed by atoms with Gasteiger partial charge in [0.2, 0.25) is 0 Å². The molecule has 0 bridgehead atoms. The molecule has 232 valence electrons. The minimum absolute atomic E-state index is 0.261. The number of ether oxygens (including phenoxy) is 4. The number of aliphatic hydroxyl groups is 5. The molecule has 1 saturated heterocycles. The van der Waals surface area contributed by atoms with E-state index in [0.29, 0.717) is 11.1 Å². The predicted molar refractivity (Wildman–Crippen MR) is 151 cm³/mol. The van der Waals surface area contributed by atoms with Gasteiger partial charge in [0.25, 0.3) is 0 Å². The molecule has 1 aliphatic rings. The van der Waals surface area contributed by atoms with Gasteiger partial charge in [0.1, 0.15) is 18.3 Å². The Balaban J connectivity index is 3.22. The van der Waals surface area contributed by atoms with Gasteiger partial charge in [-0.25, -0.2) is 0 Å². The van der Waals surface area contributed by atoms with Gasteiger partial charge < -0.3 is 44.5 Å².